The fourth-order valence-electron chi connectivity index (χ4n) is 2.88. The monoisotopic (exact) mass is 429 g/mol. The Labute approximate surface area is 175 Å². The van der Waals surface area contributed by atoms with Crippen molar-refractivity contribution in [3.63, 3.8) is 0 Å². The van der Waals surface area contributed by atoms with E-state index in [-0.39, 0.29) is 11.3 Å². The van der Waals surface area contributed by atoms with Crippen molar-refractivity contribution in [2.45, 2.75) is 13.5 Å². The zero-order chi connectivity index (χ0) is 21.7. The van der Waals surface area contributed by atoms with Crippen molar-refractivity contribution in [2.24, 2.45) is 4.99 Å². The van der Waals surface area contributed by atoms with E-state index in [0.29, 0.717) is 30.1 Å². The minimum atomic E-state index is -0.716. The summed E-state index contributed by atoms with van der Waals surface area (Å²) >= 11 is 1.20. The smallest absolute Gasteiger partial charge is 0.337 e. The van der Waals surface area contributed by atoms with Gasteiger partial charge in [-0.2, -0.15) is 4.99 Å². The normalized spacial score (nSPS) is 11.6. The zero-order valence-electron chi connectivity index (χ0n) is 16.4. The Morgan fingerprint density at radius 3 is 2.70 bits per heavy atom. The molecule has 0 N–H and O–H groups in total. The van der Waals surface area contributed by atoms with Crippen LogP contribution in [0.3, 0.4) is 0 Å². The van der Waals surface area contributed by atoms with Gasteiger partial charge in [0.05, 0.1) is 34.4 Å². The van der Waals surface area contributed by atoms with Crippen LogP contribution in [-0.4, -0.2) is 41.7 Å². The Hall–Kier alpha value is -3.37. The molecule has 1 amide bonds. The van der Waals surface area contributed by atoms with Crippen molar-refractivity contribution in [1.82, 2.24) is 4.57 Å². The van der Waals surface area contributed by atoms with Crippen LogP contribution in [-0.2, 0) is 16.0 Å². The first-order valence-corrected chi connectivity index (χ1v) is 9.89. The highest BCUT2D eigenvalue weighted by Crippen LogP contribution is 2.21. The fourth-order valence-corrected chi connectivity index (χ4v) is 3.97. The molecule has 3 rings (SSSR count). The third kappa shape index (κ3) is 4.44. The maximum absolute atomic E-state index is 12.7. The van der Waals surface area contributed by atoms with E-state index in [2.05, 4.69) is 4.99 Å². The molecule has 0 aliphatic heterocycles. The van der Waals surface area contributed by atoms with E-state index in [0.717, 1.165) is 10.2 Å². The van der Waals surface area contributed by atoms with Crippen molar-refractivity contribution in [3.05, 3.63) is 68.5 Å². The number of nitro groups is 1. The summed E-state index contributed by atoms with van der Waals surface area (Å²) < 4.78 is 12.7. The third-order valence-corrected chi connectivity index (χ3v) is 5.34. The molecule has 0 bridgehead atoms. The molecule has 0 saturated carbocycles. The molecule has 0 saturated heterocycles. The highest BCUT2D eigenvalue weighted by atomic mass is 32.1. The summed E-state index contributed by atoms with van der Waals surface area (Å²) in [5, 5.41) is 11.2. The molecule has 30 heavy (non-hydrogen) atoms. The average molecular weight is 429 g/mol. The number of esters is 1. The molecule has 0 aliphatic carbocycles. The third-order valence-electron chi connectivity index (χ3n) is 4.30. The molecule has 0 aliphatic rings. The minimum Gasteiger partial charge on any atom is -0.465 e. The number of ether oxygens (including phenoxy) is 2. The number of benzene rings is 2. The average Bonchev–Trinajstić information content (AvgIpc) is 3.09. The highest BCUT2D eigenvalue weighted by molar-refractivity contribution is 7.16. The van der Waals surface area contributed by atoms with Gasteiger partial charge >= 0.3 is 5.97 Å². The number of amides is 1. The molecule has 0 atom stereocenters. The van der Waals surface area contributed by atoms with Gasteiger partial charge in [0.15, 0.2) is 4.80 Å². The predicted octanol–water partition coefficient (Wildman–Crippen LogP) is 3.18. The summed E-state index contributed by atoms with van der Waals surface area (Å²) in [6.45, 7) is 3.24. The predicted molar refractivity (Wildman–Crippen MR) is 111 cm³/mol. The van der Waals surface area contributed by atoms with Gasteiger partial charge in [0.2, 0.25) is 0 Å². The summed E-state index contributed by atoms with van der Waals surface area (Å²) in [6, 6.07) is 10.7. The van der Waals surface area contributed by atoms with Gasteiger partial charge in [-0.3, -0.25) is 14.9 Å². The van der Waals surface area contributed by atoms with E-state index in [1.807, 2.05) is 6.92 Å². The molecule has 0 radical (unpaired) electrons. The van der Waals surface area contributed by atoms with Crippen LogP contribution in [0.15, 0.2) is 47.5 Å². The van der Waals surface area contributed by atoms with Crippen molar-refractivity contribution >= 4 is 39.1 Å². The molecule has 3 aromatic rings. The van der Waals surface area contributed by atoms with Crippen molar-refractivity contribution in [3.8, 4) is 0 Å². The molecule has 1 heterocycles. The molecule has 0 spiro atoms. The standard InChI is InChI=1S/C20H19N3O6S/c1-3-29-11-10-22-16-9-8-13(19(25)28-2)12-17(16)30-20(22)21-18(24)14-6-4-5-7-15(14)23(26)27/h4-9,12H,3,10-11H2,1-2H3. The van der Waals surface area contributed by atoms with Crippen molar-refractivity contribution < 1.29 is 24.0 Å². The molecule has 9 nitrogen and oxygen atoms in total. The molecular formula is C20H19N3O6S. The molecule has 2 aromatic carbocycles. The van der Waals surface area contributed by atoms with E-state index >= 15 is 0 Å². The fraction of sp³-hybridized carbons (Fsp3) is 0.250. The lowest BCUT2D eigenvalue weighted by molar-refractivity contribution is -0.385. The second-order valence-corrected chi connectivity index (χ2v) is 7.11. The Balaban J connectivity index is 2.13. The van der Waals surface area contributed by atoms with E-state index in [1.54, 1.807) is 28.8 Å². The number of methoxy groups -OCH3 is 1. The Morgan fingerprint density at radius 2 is 2.00 bits per heavy atom. The minimum absolute atomic E-state index is 0.0911. The van der Waals surface area contributed by atoms with Gasteiger partial charge < -0.3 is 14.0 Å². The summed E-state index contributed by atoms with van der Waals surface area (Å²) in [7, 11) is 1.30. The summed E-state index contributed by atoms with van der Waals surface area (Å²) in [5.74, 6) is -1.19. The summed E-state index contributed by atoms with van der Waals surface area (Å²) in [6.07, 6.45) is 0. The first kappa shape index (κ1) is 21.3. The lowest BCUT2D eigenvalue weighted by Crippen LogP contribution is -2.20. The Bertz CT molecular complexity index is 1180. The van der Waals surface area contributed by atoms with Crippen LogP contribution < -0.4 is 4.80 Å². The van der Waals surface area contributed by atoms with Gasteiger partial charge in [0.25, 0.3) is 11.6 Å². The number of hydrogen-bond acceptors (Lipinski definition) is 7. The summed E-state index contributed by atoms with van der Waals surface area (Å²) in [5.41, 5.74) is 0.744. The lowest BCUT2D eigenvalue weighted by atomic mass is 10.2. The van der Waals surface area contributed by atoms with Gasteiger partial charge in [-0.15, -0.1) is 0 Å². The van der Waals surface area contributed by atoms with Gasteiger partial charge in [0, 0.05) is 19.2 Å². The number of nitro benzene ring substituents is 1. The number of carbonyl (C=O) groups excluding carboxylic acids is 2. The van der Waals surface area contributed by atoms with Crippen LogP contribution in [0.2, 0.25) is 0 Å². The van der Waals surface area contributed by atoms with E-state index in [1.165, 1.54) is 36.6 Å². The van der Waals surface area contributed by atoms with Crippen LogP contribution in [0.25, 0.3) is 10.2 Å². The van der Waals surface area contributed by atoms with E-state index in [9.17, 15) is 19.7 Å². The second-order valence-electron chi connectivity index (χ2n) is 6.10. The van der Waals surface area contributed by atoms with Crippen LogP contribution in [0, 0.1) is 10.1 Å². The Morgan fingerprint density at radius 1 is 1.23 bits per heavy atom. The van der Waals surface area contributed by atoms with Crippen molar-refractivity contribution in [2.75, 3.05) is 20.3 Å². The van der Waals surface area contributed by atoms with Crippen LogP contribution in [0.5, 0.6) is 0 Å². The topological polar surface area (TPSA) is 113 Å². The van der Waals surface area contributed by atoms with E-state index < -0.39 is 16.8 Å². The first-order chi connectivity index (χ1) is 14.5. The quantitative estimate of drug-likeness (QED) is 0.247. The van der Waals surface area contributed by atoms with Crippen LogP contribution >= 0.6 is 11.3 Å². The number of carbonyl (C=O) groups is 2. The van der Waals surface area contributed by atoms with Gasteiger partial charge in [0.1, 0.15) is 5.56 Å². The van der Waals surface area contributed by atoms with Crippen LogP contribution in [0.1, 0.15) is 27.6 Å². The molecule has 0 unspecified atom stereocenters. The molecule has 0 fully saturated rings. The van der Waals surface area contributed by atoms with Gasteiger partial charge in [-0.25, -0.2) is 4.79 Å². The first-order valence-electron chi connectivity index (χ1n) is 9.08. The molecular weight excluding hydrogens is 410 g/mol. The lowest BCUT2D eigenvalue weighted by Gasteiger charge is -2.06. The number of nitrogens with zero attached hydrogens (tertiary/aromatic N) is 3. The Kier molecular flexibility index (Phi) is 6.70. The number of rotatable bonds is 7. The SMILES string of the molecule is CCOCCn1c(=NC(=O)c2ccccc2[N+](=O)[O-])sc2cc(C(=O)OC)ccc21. The molecule has 10 heteroatoms. The second kappa shape index (κ2) is 9.42. The maximum atomic E-state index is 12.7. The largest absolute Gasteiger partial charge is 0.465 e. The van der Waals surface area contributed by atoms with Gasteiger partial charge in [-0.05, 0) is 31.2 Å². The van der Waals surface area contributed by atoms with Gasteiger partial charge in [-0.1, -0.05) is 23.5 Å². The number of fused-ring (bicyclic) bond motifs is 1. The van der Waals surface area contributed by atoms with Crippen LogP contribution in [0.4, 0.5) is 5.69 Å². The van der Waals surface area contributed by atoms with E-state index in [4.69, 9.17) is 9.47 Å². The molecule has 1 aromatic heterocycles. The number of aromatic nitrogens is 1. The maximum Gasteiger partial charge on any atom is 0.337 e. The molecule has 156 valence electrons. The number of thiazole rings is 1. The summed E-state index contributed by atoms with van der Waals surface area (Å²) in [4.78, 5) is 39.7. The number of para-hydroxylation sites is 1. The van der Waals surface area contributed by atoms with Crippen molar-refractivity contribution in [1.29, 1.82) is 0 Å². The zero-order valence-corrected chi connectivity index (χ0v) is 17.2. The number of hydrogen-bond donors (Lipinski definition) is 0. The highest BCUT2D eigenvalue weighted by Gasteiger charge is 2.19.